The van der Waals surface area contributed by atoms with Gasteiger partial charge in [-0.1, -0.05) is 18.2 Å². The van der Waals surface area contributed by atoms with E-state index in [1.54, 1.807) is 0 Å². The zero-order valence-corrected chi connectivity index (χ0v) is 7.17. The second-order valence-corrected chi connectivity index (χ2v) is 2.05. The first kappa shape index (κ1) is 10.6. The summed E-state index contributed by atoms with van der Waals surface area (Å²) in [6.07, 6.45) is 0. The van der Waals surface area contributed by atoms with Crippen molar-refractivity contribution in [1.29, 1.82) is 0 Å². The van der Waals surface area contributed by atoms with Crippen molar-refractivity contribution in [3.63, 3.8) is 0 Å². The maximum absolute atomic E-state index is 10.5. The average molecular weight is 169 g/mol. The third kappa shape index (κ3) is 4.44. The number of carbonyl (C=O) groups excluding carboxylic acids is 1. The quantitative estimate of drug-likeness (QED) is 0.686. The third-order valence-electron chi connectivity index (χ3n) is 1.09. The Morgan fingerprint density at radius 3 is 2.17 bits per heavy atom. The summed E-state index contributed by atoms with van der Waals surface area (Å²) in [5.74, 6) is -0.0359. The first-order valence-electron chi connectivity index (χ1n) is 3.49. The summed E-state index contributed by atoms with van der Waals surface area (Å²) in [6.45, 7) is 1.49. The number of benzene rings is 1. The minimum Gasteiger partial charge on any atom is -0.326 e. The molecule has 0 aliphatic rings. The molecule has 0 aliphatic heterocycles. The molecule has 1 amide bonds. The second kappa shape index (κ2) is 6.34. The van der Waals surface area contributed by atoms with Crippen LogP contribution >= 0.6 is 0 Å². The highest BCUT2D eigenvalue weighted by molar-refractivity contribution is 5.88. The Kier molecular flexibility index (Phi) is 5.61. The van der Waals surface area contributed by atoms with E-state index in [4.69, 9.17) is 0 Å². The Balaban J connectivity index is 0.000000561. The SMILES string of the molecule is CC(=O)Nc1ccccc1.CF. The highest BCUT2D eigenvalue weighted by atomic mass is 19.1. The van der Waals surface area contributed by atoms with Crippen molar-refractivity contribution in [3.8, 4) is 0 Å². The molecule has 0 aromatic heterocycles. The maximum Gasteiger partial charge on any atom is 0.221 e. The van der Waals surface area contributed by atoms with E-state index in [0.29, 0.717) is 7.18 Å². The van der Waals surface area contributed by atoms with Crippen LogP contribution in [0.2, 0.25) is 0 Å². The molecule has 0 unspecified atom stereocenters. The van der Waals surface area contributed by atoms with Crippen LogP contribution < -0.4 is 5.32 Å². The Hall–Kier alpha value is -1.38. The molecule has 1 N–H and O–H groups in total. The lowest BCUT2D eigenvalue weighted by atomic mass is 10.3. The van der Waals surface area contributed by atoms with Gasteiger partial charge in [-0.05, 0) is 12.1 Å². The molecule has 12 heavy (non-hydrogen) atoms. The van der Waals surface area contributed by atoms with Crippen LogP contribution in [-0.2, 0) is 4.79 Å². The monoisotopic (exact) mass is 169 g/mol. The topological polar surface area (TPSA) is 29.1 Å². The molecule has 0 aliphatic carbocycles. The number of amides is 1. The van der Waals surface area contributed by atoms with Crippen molar-refractivity contribution in [1.82, 2.24) is 0 Å². The van der Waals surface area contributed by atoms with Crippen LogP contribution in [0, 0.1) is 0 Å². The van der Waals surface area contributed by atoms with Crippen LogP contribution in [0.15, 0.2) is 30.3 Å². The minimum atomic E-state index is -0.0359. The zero-order chi connectivity index (χ0) is 9.40. The van der Waals surface area contributed by atoms with E-state index in [1.165, 1.54) is 6.92 Å². The van der Waals surface area contributed by atoms with Crippen LogP contribution in [0.3, 0.4) is 0 Å². The first-order chi connectivity index (χ1) is 5.79. The molecular formula is C9H12FNO. The second-order valence-electron chi connectivity index (χ2n) is 2.05. The zero-order valence-electron chi connectivity index (χ0n) is 7.17. The molecule has 0 radical (unpaired) electrons. The van der Waals surface area contributed by atoms with Crippen molar-refractivity contribution >= 4 is 11.6 Å². The Labute approximate surface area is 71.4 Å². The van der Waals surface area contributed by atoms with E-state index in [2.05, 4.69) is 5.32 Å². The lowest BCUT2D eigenvalue weighted by molar-refractivity contribution is -0.114. The summed E-state index contributed by atoms with van der Waals surface area (Å²) >= 11 is 0. The largest absolute Gasteiger partial charge is 0.326 e. The minimum absolute atomic E-state index is 0.0359. The summed E-state index contributed by atoms with van der Waals surface area (Å²) in [5, 5.41) is 2.67. The van der Waals surface area contributed by atoms with Gasteiger partial charge in [-0.25, -0.2) is 0 Å². The number of halogens is 1. The number of anilines is 1. The van der Waals surface area contributed by atoms with Crippen LogP contribution in [0.25, 0.3) is 0 Å². The summed E-state index contributed by atoms with van der Waals surface area (Å²) in [6, 6.07) is 9.37. The Bertz CT molecular complexity index is 223. The van der Waals surface area contributed by atoms with Crippen LogP contribution in [-0.4, -0.2) is 13.1 Å². The number of hydrogen-bond acceptors (Lipinski definition) is 1. The number of rotatable bonds is 1. The fraction of sp³-hybridized carbons (Fsp3) is 0.222. The smallest absolute Gasteiger partial charge is 0.221 e. The van der Waals surface area contributed by atoms with Crippen molar-refractivity contribution < 1.29 is 9.18 Å². The Morgan fingerprint density at radius 2 is 1.75 bits per heavy atom. The molecule has 2 nitrogen and oxygen atoms in total. The number of alkyl halides is 1. The lowest BCUT2D eigenvalue weighted by Gasteiger charge is -1.98. The average Bonchev–Trinajstić information content (AvgIpc) is 2.08. The molecule has 0 saturated heterocycles. The van der Waals surface area contributed by atoms with Crippen molar-refractivity contribution in [2.24, 2.45) is 0 Å². The fourth-order valence-electron chi connectivity index (χ4n) is 0.725. The van der Waals surface area contributed by atoms with Gasteiger partial charge in [0.2, 0.25) is 5.91 Å². The third-order valence-corrected chi connectivity index (χ3v) is 1.09. The molecule has 0 saturated carbocycles. The van der Waals surface area contributed by atoms with E-state index in [0.717, 1.165) is 5.69 Å². The van der Waals surface area contributed by atoms with Gasteiger partial charge < -0.3 is 5.32 Å². The van der Waals surface area contributed by atoms with Gasteiger partial charge in [-0.15, -0.1) is 0 Å². The molecule has 0 atom stereocenters. The summed E-state index contributed by atoms with van der Waals surface area (Å²) in [7, 11) is 0.500. The predicted octanol–water partition coefficient (Wildman–Crippen LogP) is 2.23. The molecule has 1 aromatic rings. The van der Waals surface area contributed by atoms with Gasteiger partial charge in [0.25, 0.3) is 0 Å². The van der Waals surface area contributed by atoms with Gasteiger partial charge in [-0.3, -0.25) is 9.18 Å². The normalized spacial score (nSPS) is 7.92. The van der Waals surface area contributed by atoms with E-state index in [-0.39, 0.29) is 5.91 Å². The highest BCUT2D eigenvalue weighted by Gasteiger charge is 1.90. The molecular weight excluding hydrogens is 157 g/mol. The standard InChI is InChI=1S/C8H9NO.CH3F/c1-7(10)9-8-5-3-2-4-6-8;1-2/h2-6H,1H3,(H,9,10);1H3. The van der Waals surface area contributed by atoms with Gasteiger partial charge in [0.05, 0.1) is 7.18 Å². The number of hydrogen-bond donors (Lipinski definition) is 1. The summed E-state index contributed by atoms with van der Waals surface area (Å²) in [5.41, 5.74) is 0.843. The van der Waals surface area contributed by atoms with Crippen molar-refractivity contribution in [2.45, 2.75) is 6.92 Å². The van der Waals surface area contributed by atoms with E-state index < -0.39 is 0 Å². The maximum atomic E-state index is 10.5. The van der Waals surface area contributed by atoms with Gasteiger partial charge >= 0.3 is 0 Å². The van der Waals surface area contributed by atoms with Gasteiger partial charge in [0, 0.05) is 12.6 Å². The number of nitrogens with one attached hydrogen (secondary N) is 1. The summed E-state index contributed by atoms with van der Waals surface area (Å²) in [4.78, 5) is 10.5. The van der Waals surface area contributed by atoms with Crippen molar-refractivity contribution in [2.75, 3.05) is 12.5 Å². The van der Waals surface area contributed by atoms with E-state index >= 15 is 0 Å². The number of carbonyl (C=O) groups is 1. The lowest BCUT2D eigenvalue weighted by Crippen LogP contribution is -2.04. The molecule has 0 spiro atoms. The highest BCUT2D eigenvalue weighted by Crippen LogP contribution is 2.03. The molecule has 1 aromatic carbocycles. The van der Waals surface area contributed by atoms with Crippen LogP contribution in [0.5, 0.6) is 0 Å². The van der Waals surface area contributed by atoms with Crippen molar-refractivity contribution in [3.05, 3.63) is 30.3 Å². The molecule has 0 heterocycles. The van der Waals surface area contributed by atoms with Gasteiger partial charge in [-0.2, -0.15) is 0 Å². The van der Waals surface area contributed by atoms with Gasteiger partial charge in [0.1, 0.15) is 0 Å². The Morgan fingerprint density at radius 1 is 1.25 bits per heavy atom. The fourth-order valence-corrected chi connectivity index (χ4v) is 0.725. The van der Waals surface area contributed by atoms with E-state index in [1.807, 2.05) is 30.3 Å². The molecule has 0 fully saturated rings. The first-order valence-corrected chi connectivity index (χ1v) is 3.49. The van der Waals surface area contributed by atoms with E-state index in [9.17, 15) is 9.18 Å². The summed E-state index contributed by atoms with van der Waals surface area (Å²) < 4.78 is 9.50. The molecule has 66 valence electrons. The number of para-hydroxylation sites is 1. The molecule has 0 bridgehead atoms. The molecule has 3 heteroatoms. The predicted molar refractivity (Wildman–Crippen MR) is 47.8 cm³/mol. The molecule has 1 rings (SSSR count). The van der Waals surface area contributed by atoms with Crippen LogP contribution in [0.4, 0.5) is 10.1 Å². The van der Waals surface area contributed by atoms with Gasteiger partial charge in [0.15, 0.2) is 0 Å². The van der Waals surface area contributed by atoms with Crippen LogP contribution in [0.1, 0.15) is 6.92 Å².